The summed E-state index contributed by atoms with van der Waals surface area (Å²) in [5, 5.41) is 38.9. The van der Waals surface area contributed by atoms with Gasteiger partial charge in [-0.25, -0.2) is 4.79 Å². The van der Waals surface area contributed by atoms with E-state index in [1.165, 1.54) is 14.2 Å². The summed E-state index contributed by atoms with van der Waals surface area (Å²) in [6, 6.07) is 1.07. The molecule has 0 spiro atoms. The molecule has 7 heteroatoms. The molecule has 0 amide bonds. The summed E-state index contributed by atoms with van der Waals surface area (Å²) >= 11 is 0. The first-order chi connectivity index (χ1) is 9.38. The molecule has 20 heavy (non-hydrogen) atoms. The van der Waals surface area contributed by atoms with Gasteiger partial charge in [-0.2, -0.15) is 0 Å². The largest absolute Gasteiger partial charge is 0.502 e. The predicted molar refractivity (Wildman–Crippen MR) is 69.4 cm³/mol. The molecule has 2 atom stereocenters. The maximum Gasteiger partial charge on any atom is 0.336 e. The van der Waals surface area contributed by atoms with Crippen molar-refractivity contribution in [1.82, 2.24) is 0 Å². The smallest absolute Gasteiger partial charge is 0.336 e. The molecule has 1 aromatic carbocycles. The van der Waals surface area contributed by atoms with Crippen LogP contribution >= 0.6 is 0 Å². The Hall–Kier alpha value is -1.99. The highest BCUT2D eigenvalue weighted by molar-refractivity contribution is 5.92. The van der Waals surface area contributed by atoms with E-state index in [0.717, 1.165) is 6.07 Å². The van der Waals surface area contributed by atoms with Crippen LogP contribution in [0, 0.1) is 0 Å². The van der Waals surface area contributed by atoms with Crippen molar-refractivity contribution in [3.05, 3.63) is 17.2 Å². The number of methoxy groups -OCH3 is 2. The molecule has 0 saturated heterocycles. The number of carboxylic acid groups (broad SMARTS) is 1. The van der Waals surface area contributed by atoms with Crippen LogP contribution in [0.5, 0.6) is 17.2 Å². The summed E-state index contributed by atoms with van der Waals surface area (Å²) in [7, 11) is 2.48. The number of ether oxygens (including phenoxy) is 2. The molecule has 0 fully saturated rings. The number of phenols is 1. The maximum absolute atomic E-state index is 11.3. The number of rotatable bonds is 6. The van der Waals surface area contributed by atoms with Gasteiger partial charge in [-0.3, -0.25) is 0 Å². The summed E-state index contributed by atoms with van der Waals surface area (Å²) in [6.07, 6.45) is -2.48. The Morgan fingerprint density at radius 2 is 1.90 bits per heavy atom. The van der Waals surface area contributed by atoms with E-state index in [0.29, 0.717) is 0 Å². The first-order valence-electron chi connectivity index (χ1n) is 5.96. The Kier molecular flexibility index (Phi) is 5.18. The number of hydrogen-bond acceptors (Lipinski definition) is 6. The molecule has 1 rings (SSSR count). The highest BCUT2D eigenvalue weighted by atomic mass is 16.5. The Labute approximate surface area is 116 Å². The molecular formula is C13H18O7. The molecule has 0 bridgehead atoms. The van der Waals surface area contributed by atoms with Gasteiger partial charge in [0.25, 0.3) is 0 Å². The van der Waals surface area contributed by atoms with Crippen LogP contribution < -0.4 is 9.47 Å². The second kappa shape index (κ2) is 6.44. The summed E-state index contributed by atoms with van der Waals surface area (Å²) < 4.78 is 9.82. The van der Waals surface area contributed by atoms with Gasteiger partial charge in [-0.15, -0.1) is 0 Å². The lowest BCUT2D eigenvalue weighted by Crippen LogP contribution is -2.21. The van der Waals surface area contributed by atoms with Crippen molar-refractivity contribution in [3.8, 4) is 17.2 Å². The van der Waals surface area contributed by atoms with E-state index in [2.05, 4.69) is 0 Å². The Balaban J connectivity index is 3.61. The van der Waals surface area contributed by atoms with Crippen LogP contribution in [0.3, 0.4) is 0 Å². The summed E-state index contributed by atoms with van der Waals surface area (Å²) in [5.74, 6) is -2.10. The molecule has 0 radical (unpaired) electrons. The van der Waals surface area contributed by atoms with E-state index in [1.54, 1.807) is 6.92 Å². The molecule has 0 saturated carbocycles. The number of aliphatic hydroxyl groups excluding tert-OH is 2. The van der Waals surface area contributed by atoms with Gasteiger partial charge in [0.1, 0.15) is 6.10 Å². The van der Waals surface area contributed by atoms with Crippen molar-refractivity contribution in [2.24, 2.45) is 0 Å². The van der Waals surface area contributed by atoms with Gasteiger partial charge < -0.3 is 29.9 Å². The monoisotopic (exact) mass is 286 g/mol. The highest BCUT2D eigenvalue weighted by Crippen LogP contribution is 2.44. The number of aromatic hydroxyl groups is 1. The number of hydrogen-bond donors (Lipinski definition) is 4. The van der Waals surface area contributed by atoms with Crippen LogP contribution in [0.1, 0.15) is 35.4 Å². The van der Waals surface area contributed by atoms with Crippen molar-refractivity contribution in [2.45, 2.75) is 25.6 Å². The molecule has 0 heterocycles. The number of carboxylic acids is 1. The number of benzene rings is 1. The molecule has 2 unspecified atom stereocenters. The Morgan fingerprint density at radius 3 is 2.30 bits per heavy atom. The fourth-order valence-corrected chi connectivity index (χ4v) is 1.89. The Bertz CT molecular complexity index is 498. The third kappa shape index (κ3) is 2.78. The van der Waals surface area contributed by atoms with Gasteiger partial charge in [0, 0.05) is 5.56 Å². The van der Waals surface area contributed by atoms with Crippen LogP contribution in [0.2, 0.25) is 0 Å². The summed E-state index contributed by atoms with van der Waals surface area (Å²) in [6.45, 7) is 1.63. The van der Waals surface area contributed by atoms with E-state index in [-0.39, 0.29) is 29.0 Å². The van der Waals surface area contributed by atoms with Gasteiger partial charge in [0.2, 0.25) is 5.75 Å². The third-order valence-electron chi connectivity index (χ3n) is 2.99. The van der Waals surface area contributed by atoms with Crippen LogP contribution in [0.4, 0.5) is 0 Å². The minimum Gasteiger partial charge on any atom is -0.502 e. The average Bonchev–Trinajstić information content (AvgIpc) is 2.44. The first-order valence-corrected chi connectivity index (χ1v) is 5.96. The molecule has 0 aliphatic heterocycles. The van der Waals surface area contributed by atoms with E-state index in [9.17, 15) is 25.2 Å². The minimum absolute atomic E-state index is 0.0961. The van der Waals surface area contributed by atoms with Crippen molar-refractivity contribution >= 4 is 5.97 Å². The quantitative estimate of drug-likeness (QED) is 0.614. The van der Waals surface area contributed by atoms with Gasteiger partial charge >= 0.3 is 5.97 Å². The van der Waals surface area contributed by atoms with Crippen molar-refractivity contribution in [3.63, 3.8) is 0 Å². The maximum atomic E-state index is 11.3. The summed E-state index contributed by atoms with van der Waals surface area (Å²) in [4.78, 5) is 11.3. The van der Waals surface area contributed by atoms with E-state index < -0.39 is 23.9 Å². The topological polar surface area (TPSA) is 116 Å². The standard InChI is InChI=1S/C13H18O7/c1-4-7(14)10(15)9-6(13(17)18)5-8(19-2)11(16)12(9)20-3/h5,7,10,14-16H,4H2,1-3H3,(H,17,18). The molecule has 0 aliphatic carbocycles. The van der Waals surface area contributed by atoms with Crippen LogP contribution in [0.25, 0.3) is 0 Å². The van der Waals surface area contributed by atoms with Crippen molar-refractivity contribution < 1.29 is 34.7 Å². The predicted octanol–water partition coefficient (Wildman–Crippen LogP) is 0.912. The van der Waals surface area contributed by atoms with Gasteiger partial charge in [0.15, 0.2) is 11.5 Å². The van der Waals surface area contributed by atoms with Crippen LogP contribution in [-0.4, -0.2) is 46.7 Å². The van der Waals surface area contributed by atoms with Crippen molar-refractivity contribution in [2.75, 3.05) is 14.2 Å². The second-order valence-corrected chi connectivity index (χ2v) is 4.15. The van der Waals surface area contributed by atoms with Gasteiger partial charge in [-0.05, 0) is 12.5 Å². The molecule has 0 aliphatic rings. The zero-order valence-electron chi connectivity index (χ0n) is 11.5. The normalized spacial score (nSPS) is 13.7. The van der Waals surface area contributed by atoms with E-state index >= 15 is 0 Å². The molecule has 0 aromatic heterocycles. The lowest BCUT2D eigenvalue weighted by atomic mass is 9.95. The SMILES string of the molecule is CCC(O)C(O)c1c(C(=O)O)cc(OC)c(O)c1OC. The van der Waals surface area contributed by atoms with Crippen molar-refractivity contribution in [1.29, 1.82) is 0 Å². The van der Waals surface area contributed by atoms with Gasteiger partial charge in [0.05, 0.1) is 25.9 Å². The number of aromatic carboxylic acids is 1. The lowest BCUT2D eigenvalue weighted by molar-refractivity contribution is 0.0139. The average molecular weight is 286 g/mol. The minimum atomic E-state index is -1.50. The van der Waals surface area contributed by atoms with Crippen LogP contribution in [0.15, 0.2) is 6.07 Å². The third-order valence-corrected chi connectivity index (χ3v) is 2.99. The summed E-state index contributed by atoms with van der Waals surface area (Å²) in [5.41, 5.74) is -0.496. The number of aliphatic hydroxyl groups is 2. The fourth-order valence-electron chi connectivity index (χ4n) is 1.89. The zero-order chi connectivity index (χ0) is 15.4. The van der Waals surface area contributed by atoms with Gasteiger partial charge in [-0.1, -0.05) is 6.92 Å². The fraction of sp³-hybridized carbons (Fsp3) is 0.462. The molecule has 1 aromatic rings. The molecule has 7 nitrogen and oxygen atoms in total. The molecular weight excluding hydrogens is 268 g/mol. The van der Waals surface area contributed by atoms with E-state index in [1.807, 2.05) is 0 Å². The number of phenolic OH excluding ortho intramolecular Hbond substituents is 1. The van der Waals surface area contributed by atoms with E-state index in [4.69, 9.17) is 9.47 Å². The zero-order valence-corrected chi connectivity index (χ0v) is 11.5. The highest BCUT2D eigenvalue weighted by Gasteiger charge is 2.30. The lowest BCUT2D eigenvalue weighted by Gasteiger charge is -2.22. The second-order valence-electron chi connectivity index (χ2n) is 4.15. The number of carbonyl (C=O) groups is 1. The molecule has 112 valence electrons. The van der Waals surface area contributed by atoms with Crippen LogP contribution in [-0.2, 0) is 0 Å². The first kappa shape index (κ1) is 16.1. The molecule has 4 N–H and O–H groups in total. The Morgan fingerprint density at radius 1 is 1.30 bits per heavy atom.